The van der Waals surface area contributed by atoms with Gasteiger partial charge in [-0.05, 0) is 137 Å². The van der Waals surface area contributed by atoms with Crippen LogP contribution in [0.5, 0.6) is 0 Å². The summed E-state index contributed by atoms with van der Waals surface area (Å²) in [6, 6.07) is 11.3. The first-order chi connectivity index (χ1) is 28.8. The van der Waals surface area contributed by atoms with Gasteiger partial charge in [0.2, 0.25) is 17.8 Å². The Labute approximate surface area is 354 Å². The van der Waals surface area contributed by atoms with Crippen LogP contribution in [0.15, 0.2) is 58.4 Å². The molecule has 13 nitrogen and oxygen atoms in total. The molecule has 3 aliphatic heterocycles. The van der Waals surface area contributed by atoms with E-state index in [1.807, 2.05) is 6.92 Å². The van der Waals surface area contributed by atoms with Crippen molar-refractivity contribution in [3.8, 4) is 0 Å². The van der Waals surface area contributed by atoms with Gasteiger partial charge in [-0.25, -0.2) is 17.8 Å². The highest BCUT2D eigenvalue weighted by Gasteiger charge is 2.51. The number of carbonyl (C=O) groups excluding carboxylic acids is 2. The number of nitrogens with zero attached hydrogens (tertiary/aromatic N) is 5. The second kappa shape index (κ2) is 16.4. The second-order valence-electron chi connectivity index (χ2n) is 17.8. The number of likely N-dealkylation sites (tertiary alicyclic amines) is 1. The van der Waals surface area contributed by atoms with E-state index in [-0.39, 0.29) is 46.1 Å². The summed E-state index contributed by atoms with van der Waals surface area (Å²) in [5.74, 6) is -0.150. The summed E-state index contributed by atoms with van der Waals surface area (Å²) in [6.45, 7) is 6.34. The molecule has 5 heterocycles. The number of aryl methyl sites for hydroxylation is 1. The number of piperidine rings is 3. The first-order valence-corrected chi connectivity index (χ1v) is 23.3. The van der Waals surface area contributed by atoms with Gasteiger partial charge in [-0.2, -0.15) is 4.98 Å². The largest absolute Gasteiger partial charge is 0.374 e. The van der Waals surface area contributed by atoms with Crippen LogP contribution in [0.2, 0.25) is 5.02 Å². The van der Waals surface area contributed by atoms with Crippen molar-refractivity contribution in [3.63, 3.8) is 0 Å². The monoisotopic (exact) mass is 858 g/mol. The van der Waals surface area contributed by atoms with Gasteiger partial charge in [-0.15, -0.1) is 0 Å². The molecule has 1 spiro atoms. The van der Waals surface area contributed by atoms with Crippen molar-refractivity contribution >= 4 is 67.3 Å². The predicted molar refractivity (Wildman–Crippen MR) is 230 cm³/mol. The summed E-state index contributed by atoms with van der Waals surface area (Å²) in [7, 11) is -3.51. The van der Waals surface area contributed by atoms with Crippen molar-refractivity contribution in [3.05, 3.63) is 75.4 Å². The maximum absolute atomic E-state index is 15.2. The maximum atomic E-state index is 15.2. The molecule has 4 aromatic rings. The molecule has 2 amide bonds. The van der Waals surface area contributed by atoms with Gasteiger partial charge in [-0.1, -0.05) is 24.4 Å². The van der Waals surface area contributed by atoms with Crippen LogP contribution in [0.4, 0.5) is 27.4 Å². The topological polar surface area (TPSA) is 159 Å². The summed E-state index contributed by atoms with van der Waals surface area (Å²) in [4.78, 5) is 50.8. The first-order valence-electron chi connectivity index (χ1n) is 21.4. The van der Waals surface area contributed by atoms with Crippen LogP contribution in [-0.4, -0.2) is 83.7 Å². The molecule has 0 bridgehead atoms. The normalized spacial score (nSPS) is 22.0. The molecule has 2 aromatic carbocycles. The Bertz CT molecular complexity index is 2490. The standard InChI is InChI=1S/C44H52ClFN8O5S/c1-27-20-32(7-8-36(27)49-43-47-25-29-21-34(45)42(57)54(40(29)51-43)31-4-2-3-5-31)60(58,59)33-23-44(24-33)14-18-52(19-15-44)26-28-12-16-53(17-13-28)38-10-6-30(22-35(38)46)48-37-9-11-39(55)50-41(37)56/h6-8,10,20-22,25,28,31,33,37,48H,2-5,9,11-19,23-24,26H2,1H3,(H,47,49,51)(H,50,55,56)/t37-/m0/s1. The fourth-order valence-corrected chi connectivity index (χ4v) is 12.6. The first kappa shape index (κ1) is 40.8. The third-order valence-corrected chi connectivity index (χ3v) is 16.3. The van der Waals surface area contributed by atoms with Gasteiger partial charge in [0, 0.05) is 55.1 Å². The average Bonchev–Trinajstić information content (AvgIpc) is 3.75. The number of fused-ring (bicyclic) bond motifs is 1. The van der Waals surface area contributed by atoms with Crippen molar-refractivity contribution < 1.29 is 22.4 Å². The third-order valence-electron chi connectivity index (χ3n) is 13.9. The van der Waals surface area contributed by atoms with Gasteiger partial charge >= 0.3 is 0 Å². The Balaban J connectivity index is 0.751. The highest BCUT2D eigenvalue weighted by atomic mass is 35.5. The fourth-order valence-electron chi connectivity index (χ4n) is 10.3. The minimum Gasteiger partial charge on any atom is -0.374 e. The number of imide groups is 1. The number of benzene rings is 2. The lowest BCUT2D eigenvalue weighted by Gasteiger charge is -2.52. The van der Waals surface area contributed by atoms with Gasteiger partial charge in [0.1, 0.15) is 22.5 Å². The van der Waals surface area contributed by atoms with Crippen LogP contribution in [-0.2, 0) is 19.4 Å². The Morgan fingerprint density at radius 1 is 0.950 bits per heavy atom. The van der Waals surface area contributed by atoms with E-state index >= 15 is 4.39 Å². The van der Waals surface area contributed by atoms with Crippen molar-refractivity contribution in [2.24, 2.45) is 11.3 Å². The minimum atomic E-state index is -3.51. The van der Waals surface area contributed by atoms with Crippen molar-refractivity contribution in [2.45, 2.75) is 106 Å². The van der Waals surface area contributed by atoms with Crippen LogP contribution in [0.1, 0.15) is 88.7 Å². The van der Waals surface area contributed by atoms with E-state index in [9.17, 15) is 22.8 Å². The molecule has 2 aromatic heterocycles. The highest BCUT2D eigenvalue weighted by molar-refractivity contribution is 7.92. The zero-order valence-corrected chi connectivity index (χ0v) is 35.5. The van der Waals surface area contributed by atoms with Gasteiger partial charge in [0.05, 0.1) is 15.8 Å². The Morgan fingerprint density at radius 2 is 1.70 bits per heavy atom. The van der Waals surface area contributed by atoms with E-state index in [0.29, 0.717) is 64.1 Å². The van der Waals surface area contributed by atoms with Crippen LogP contribution < -0.4 is 26.4 Å². The second-order valence-corrected chi connectivity index (χ2v) is 20.4. The van der Waals surface area contributed by atoms with Crippen molar-refractivity contribution in [1.29, 1.82) is 0 Å². The van der Waals surface area contributed by atoms with E-state index in [2.05, 4.69) is 30.7 Å². The molecule has 2 saturated carbocycles. The smallest absolute Gasteiger partial charge is 0.271 e. The fraction of sp³-hybridized carbons (Fsp3) is 0.523. The van der Waals surface area contributed by atoms with Crippen LogP contribution in [0.25, 0.3) is 11.0 Å². The molecule has 5 aliphatic rings. The van der Waals surface area contributed by atoms with Crippen molar-refractivity contribution in [1.82, 2.24) is 24.8 Å². The van der Waals surface area contributed by atoms with E-state index in [4.69, 9.17) is 16.6 Å². The van der Waals surface area contributed by atoms with E-state index in [1.54, 1.807) is 47.2 Å². The molecular weight excluding hydrogens is 807 g/mol. The summed E-state index contributed by atoms with van der Waals surface area (Å²) < 4.78 is 44.7. The number of nitrogens with one attached hydrogen (secondary N) is 3. The lowest BCUT2D eigenvalue weighted by atomic mass is 9.63. The number of pyridine rings is 1. The molecule has 60 heavy (non-hydrogen) atoms. The summed E-state index contributed by atoms with van der Waals surface area (Å²) in [6.07, 6.45) is 11.5. The molecular formula is C44H52ClFN8O5S. The summed E-state index contributed by atoms with van der Waals surface area (Å²) in [5.41, 5.74) is 2.91. The SMILES string of the molecule is Cc1cc(S(=O)(=O)C2CC3(CCN(CC4CCN(c5ccc(N[C@H]6CCC(=O)NC6=O)cc5F)CC4)CC3)C2)ccc1Nc1ncc2cc(Cl)c(=O)n(C3CCCC3)c2n1. The van der Waals surface area contributed by atoms with E-state index < -0.39 is 21.1 Å². The zero-order chi connectivity index (χ0) is 41.8. The summed E-state index contributed by atoms with van der Waals surface area (Å²) in [5, 5.41) is 9.09. The highest BCUT2D eigenvalue weighted by Crippen LogP contribution is 2.53. The molecule has 2 aliphatic carbocycles. The predicted octanol–water partition coefficient (Wildman–Crippen LogP) is 6.90. The molecule has 16 heteroatoms. The molecule has 3 N–H and O–H groups in total. The van der Waals surface area contributed by atoms with Gasteiger partial charge < -0.3 is 20.4 Å². The van der Waals surface area contributed by atoms with Crippen LogP contribution in [0, 0.1) is 24.1 Å². The van der Waals surface area contributed by atoms with Gasteiger partial charge in [0.15, 0.2) is 9.84 Å². The maximum Gasteiger partial charge on any atom is 0.271 e. The number of aromatic nitrogens is 3. The number of anilines is 4. The number of sulfone groups is 1. The lowest BCUT2D eigenvalue weighted by molar-refractivity contribution is -0.133. The zero-order valence-electron chi connectivity index (χ0n) is 33.9. The number of halogens is 2. The quantitative estimate of drug-likeness (QED) is 0.143. The van der Waals surface area contributed by atoms with E-state index in [0.717, 1.165) is 89.7 Å². The molecule has 318 valence electrons. The number of carbonyl (C=O) groups is 2. The number of amides is 2. The van der Waals surface area contributed by atoms with Gasteiger partial charge in [-0.3, -0.25) is 24.3 Å². The van der Waals surface area contributed by atoms with Crippen LogP contribution >= 0.6 is 11.6 Å². The Hall–Kier alpha value is -4.60. The number of hydrogen-bond donors (Lipinski definition) is 3. The molecule has 3 saturated heterocycles. The minimum absolute atomic E-state index is 0.0484. The molecule has 5 fully saturated rings. The molecule has 0 unspecified atom stereocenters. The van der Waals surface area contributed by atoms with Gasteiger partial charge in [0.25, 0.3) is 5.56 Å². The molecule has 0 radical (unpaired) electrons. The van der Waals surface area contributed by atoms with Crippen LogP contribution in [0.3, 0.4) is 0 Å². The lowest BCUT2D eigenvalue weighted by Crippen LogP contribution is -2.52. The number of hydrogen-bond acceptors (Lipinski definition) is 11. The molecule has 1 atom stereocenters. The third kappa shape index (κ3) is 8.12. The average molecular weight is 859 g/mol. The Kier molecular flexibility index (Phi) is 11.1. The number of rotatable bonds is 10. The van der Waals surface area contributed by atoms with Crippen molar-refractivity contribution in [2.75, 3.05) is 48.3 Å². The summed E-state index contributed by atoms with van der Waals surface area (Å²) >= 11 is 6.30. The molecule has 9 rings (SSSR count). The Morgan fingerprint density at radius 3 is 2.40 bits per heavy atom. The van der Waals surface area contributed by atoms with E-state index in [1.165, 1.54) is 6.07 Å².